The van der Waals surface area contributed by atoms with E-state index in [4.69, 9.17) is 0 Å². The first kappa shape index (κ1) is 14.7. The third-order valence-corrected chi connectivity index (χ3v) is 4.52. The fourth-order valence-electron chi connectivity index (χ4n) is 1.88. The van der Waals surface area contributed by atoms with E-state index < -0.39 is 10.0 Å². The van der Waals surface area contributed by atoms with E-state index in [0.717, 1.165) is 32.5 Å². The van der Waals surface area contributed by atoms with Gasteiger partial charge in [-0.1, -0.05) is 11.6 Å². The molecule has 0 atom stereocenters. The fraction of sp³-hybridized carbons (Fsp3) is 0.833. The molecule has 1 N–H and O–H groups in total. The van der Waals surface area contributed by atoms with E-state index in [0.29, 0.717) is 0 Å². The average molecular weight is 260 g/mol. The molecule has 1 saturated heterocycles. The monoisotopic (exact) mass is 260 g/mol. The van der Waals surface area contributed by atoms with Crippen LogP contribution in [0.4, 0.5) is 0 Å². The molecule has 1 aliphatic rings. The first-order valence-electron chi connectivity index (χ1n) is 6.28. The van der Waals surface area contributed by atoms with Gasteiger partial charge < -0.3 is 0 Å². The van der Waals surface area contributed by atoms with E-state index in [1.165, 1.54) is 5.57 Å². The first-order valence-corrected chi connectivity index (χ1v) is 7.94. The van der Waals surface area contributed by atoms with Gasteiger partial charge in [0.15, 0.2) is 0 Å². The van der Waals surface area contributed by atoms with Crippen molar-refractivity contribution in [1.82, 2.24) is 9.62 Å². The van der Waals surface area contributed by atoms with Crippen molar-refractivity contribution < 1.29 is 8.42 Å². The number of nitrogens with zero attached hydrogens (tertiary/aromatic N) is 1. The van der Waals surface area contributed by atoms with Crippen LogP contribution in [0.2, 0.25) is 0 Å². The van der Waals surface area contributed by atoms with Crippen molar-refractivity contribution in [3.8, 4) is 0 Å². The highest BCUT2D eigenvalue weighted by Gasteiger charge is 2.21. The standard InChI is InChI=1S/C12H24N2O2S/c1-4-17(15,16)13-12-6-9-14(10-7-12)8-5-11(2)3/h5,12-13H,4,6-10H2,1-3H3. The number of likely N-dealkylation sites (tertiary alicyclic amines) is 1. The van der Waals surface area contributed by atoms with E-state index in [-0.39, 0.29) is 11.8 Å². The van der Waals surface area contributed by atoms with Crippen LogP contribution in [0.15, 0.2) is 11.6 Å². The lowest BCUT2D eigenvalue weighted by atomic mass is 10.1. The number of allylic oxidation sites excluding steroid dienone is 1. The molecule has 5 heteroatoms. The molecule has 0 saturated carbocycles. The van der Waals surface area contributed by atoms with Crippen molar-refractivity contribution in [3.05, 3.63) is 11.6 Å². The Balaban J connectivity index is 2.34. The van der Waals surface area contributed by atoms with Gasteiger partial charge in [0.25, 0.3) is 0 Å². The third-order valence-electron chi connectivity index (χ3n) is 3.07. The normalized spacial score (nSPS) is 19.2. The zero-order valence-corrected chi connectivity index (χ0v) is 11.9. The molecule has 0 bridgehead atoms. The Morgan fingerprint density at radius 1 is 1.35 bits per heavy atom. The van der Waals surface area contributed by atoms with E-state index in [1.807, 2.05) is 0 Å². The van der Waals surface area contributed by atoms with E-state index in [9.17, 15) is 8.42 Å². The van der Waals surface area contributed by atoms with Crippen LogP contribution in [0.25, 0.3) is 0 Å². The van der Waals surface area contributed by atoms with Gasteiger partial charge in [0, 0.05) is 12.6 Å². The summed E-state index contributed by atoms with van der Waals surface area (Å²) in [4.78, 5) is 2.36. The van der Waals surface area contributed by atoms with Gasteiger partial charge in [0.1, 0.15) is 0 Å². The van der Waals surface area contributed by atoms with Gasteiger partial charge in [-0.3, -0.25) is 4.90 Å². The summed E-state index contributed by atoms with van der Waals surface area (Å²) in [5, 5.41) is 0. The molecule has 4 nitrogen and oxygen atoms in total. The van der Waals surface area contributed by atoms with E-state index in [2.05, 4.69) is 29.5 Å². The molecule has 0 aromatic rings. The average Bonchev–Trinajstić information content (AvgIpc) is 2.28. The lowest BCUT2D eigenvalue weighted by Gasteiger charge is -2.31. The summed E-state index contributed by atoms with van der Waals surface area (Å²) in [6.45, 7) is 8.80. The molecule has 17 heavy (non-hydrogen) atoms. The van der Waals surface area contributed by atoms with Gasteiger partial charge >= 0.3 is 0 Å². The van der Waals surface area contributed by atoms with Gasteiger partial charge in [-0.05, 0) is 46.7 Å². The van der Waals surface area contributed by atoms with Crippen LogP contribution in [0, 0.1) is 0 Å². The van der Waals surface area contributed by atoms with Crippen molar-refractivity contribution in [3.63, 3.8) is 0 Å². The van der Waals surface area contributed by atoms with Crippen LogP contribution < -0.4 is 4.72 Å². The molecule has 0 aromatic heterocycles. The summed E-state index contributed by atoms with van der Waals surface area (Å²) >= 11 is 0. The number of nitrogens with one attached hydrogen (secondary N) is 1. The number of rotatable bonds is 5. The smallest absolute Gasteiger partial charge is 0.211 e. The maximum Gasteiger partial charge on any atom is 0.211 e. The first-order chi connectivity index (χ1) is 7.93. The minimum atomic E-state index is -3.04. The summed E-state index contributed by atoms with van der Waals surface area (Å²) in [5.41, 5.74) is 1.33. The summed E-state index contributed by atoms with van der Waals surface area (Å²) in [5.74, 6) is 0.172. The predicted molar refractivity (Wildman–Crippen MR) is 71.5 cm³/mol. The van der Waals surface area contributed by atoms with Crippen molar-refractivity contribution in [2.24, 2.45) is 0 Å². The zero-order valence-electron chi connectivity index (χ0n) is 11.1. The predicted octanol–water partition coefficient (Wildman–Crippen LogP) is 1.36. The minimum Gasteiger partial charge on any atom is -0.300 e. The van der Waals surface area contributed by atoms with Gasteiger partial charge in [-0.15, -0.1) is 0 Å². The van der Waals surface area contributed by atoms with E-state index in [1.54, 1.807) is 6.92 Å². The lowest BCUT2D eigenvalue weighted by molar-refractivity contribution is 0.226. The SMILES string of the molecule is CCS(=O)(=O)NC1CCN(CC=C(C)C)CC1. The Labute approximate surface area is 105 Å². The van der Waals surface area contributed by atoms with Crippen LogP contribution in [-0.4, -0.2) is 44.7 Å². The molecule has 1 heterocycles. The van der Waals surface area contributed by atoms with Crippen molar-refractivity contribution in [1.29, 1.82) is 0 Å². The largest absolute Gasteiger partial charge is 0.300 e. The maximum atomic E-state index is 11.4. The second kappa shape index (κ2) is 6.52. The van der Waals surface area contributed by atoms with Crippen molar-refractivity contribution >= 4 is 10.0 Å². The highest BCUT2D eigenvalue weighted by atomic mass is 32.2. The van der Waals surface area contributed by atoms with Gasteiger partial charge in [-0.25, -0.2) is 13.1 Å². The number of hydrogen-bond donors (Lipinski definition) is 1. The highest BCUT2D eigenvalue weighted by molar-refractivity contribution is 7.89. The van der Waals surface area contributed by atoms with Gasteiger partial charge in [-0.2, -0.15) is 0 Å². The fourth-order valence-corrected chi connectivity index (χ4v) is 2.79. The molecule has 1 rings (SSSR count). The molecule has 100 valence electrons. The van der Waals surface area contributed by atoms with Crippen LogP contribution in [0.1, 0.15) is 33.6 Å². The quantitative estimate of drug-likeness (QED) is 0.759. The summed E-state index contributed by atoms with van der Waals surface area (Å²) in [6, 6.07) is 0.128. The Hall–Kier alpha value is -0.390. The van der Waals surface area contributed by atoms with Crippen LogP contribution in [-0.2, 0) is 10.0 Å². The summed E-state index contributed by atoms with van der Waals surface area (Å²) < 4.78 is 25.6. The van der Waals surface area contributed by atoms with Gasteiger partial charge in [0.2, 0.25) is 10.0 Å². The van der Waals surface area contributed by atoms with Crippen molar-refractivity contribution in [2.45, 2.75) is 39.7 Å². The van der Waals surface area contributed by atoms with Crippen LogP contribution in [0.3, 0.4) is 0 Å². The minimum absolute atomic E-state index is 0.128. The molecule has 0 aliphatic carbocycles. The Morgan fingerprint density at radius 3 is 2.41 bits per heavy atom. The molecular formula is C12H24N2O2S. The highest BCUT2D eigenvalue weighted by Crippen LogP contribution is 2.11. The number of piperidine rings is 1. The van der Waals surface area contributed by atoms with Crippen molar-refractivity contribution in [2.75, 3.05) is 25.4 Å². The van der Waals surface area contributed by atoms with E-state index >= 15 is 0 Å². The summed E-state index contributed by atoms with van der Waals surface area (Å²) in [7, 11) is -3.04. The number of sulfonamides is 1. The molecular weight excluding hydrogens is 236 g/mol. The maximum absolute atomic E-state index is 11.4. The molecule has 0 aromatic carbocycles. The second-order valence-corrected chi connectivity index (χ2v) is 6.92. The second-order valence-electron chi connectivity index (χ2n) is 4.88. The molecule has 1 aliphatic heterocycles. The zero-order chi connectivity index (χ0) is 12.9. The van der Waals surface area contributed by atoms with Crippen LogP contribution in [0.5, 0.6) is 0 Å². The molecule has 1 fully saturated rings. The van der Waals surface area contributed by atoms with Crippen LogP contribution >= 0.6 is 0 Å². The Morgan fingerprint density at radius 2 is 1.94 bits per heavy atom. The van der Waals surface area contributed by atoms with Gasteiger partial charge in [0.05, 0.1) is 5.75 Å². The topological polar surface area (TPSA) is 49.4 Å². The molecule has 0 radical (unpaired) electrons. The lowest BCUT2D eigenvalue weighted by Crippen LogP contribution is -2.45. The number of hydrogen-bond acceptors (Lipinski definition) is 3. The summed E-state index contributed by atoms with van der Waals surface area (Å²) in [6.07, 6.45) is 4.04. The third kappa shape index (κ3) is 5.66. The Bertz CT molecular complexity index is 351. The molecule has 0 spiro atoms. The molecule has 0 unspecified atom stereocenters. The Kier molecular flexibility index (Phi) is 5.62. The molecule has 0 amide bonds.